The fourth-order valence-corrected chi connectivity index (χ4v) is 1.55. The molecule has 1 saturated carbocycles. The van der Waals surface area contributed by atoms with Gasteiger partial charge >= 0.3 is 0 Å². The van der Waals surface area contributed by atoms with Crippen molar-refractivity contribution in [1.82, 2.24) is 0 Å². The largest absolute Gasteiger partial charge is 0.303 e. The minimum absolute atomic E-state index is 0.0856. The lowest BCUT2D eigenvalue weighted by Gasteiger charge is -1.95. The average molecular weight is 139 g/mol. The van der Waals surface area contributed by atoms with Gasteiger partial charge in [-0.25, -0.2) is 0 Å². The Morgan fingerprint density at radius 3 is 2.20 bits per heavy atom. The Kier molecular flexibility index (Phi) is 1.42. The van der Waals surface area contributed by atoms with E-state index in [1.165, 1.54) is 0 Å². The van der Waals surface area contributed by atoms with Gasteiger partial charge in [0.15, 0.2) is 0 Å². The van der Waals surface area contributed by atoms with Gasteiger partial charge in [0, 0.05) is 18.8 Å². The van der Waals surface area contributed by atoms with Crippen LogP contribution >= 0.6 is 0 Å². The zero-order chi connectivity index (χ0) is 7.94. The van der Waals surface area contributed by atoms with Gasteiger partial charge in [0.25, 0.3) is 0 Å². The van der Waals surface area contributed by atoms with Gasteiger partial charge < -0.3 is 4.79 Å². The van der Waals surface area contributed by atoms with Crippen LogP contribution in [-0.4, -0.2) is 12.1 Å². The van der Waals surface area contributed by atoms with Crippen LogP contribution in [0.15, 0.2) is 0 Å². The lowest BCUT2D eigenvalue weighted by molar-refractivity contribution is -0.118. The minimum Gasteiger partial charge on any atom is -0.303 e. The number of carbonyl (C=O) groups excluding carboxylic acids is 2. The first-order chi connectivity index (χ1) is 4.51. The summed E-state index contributed by atoms with van der Waals surface area (Å²) < 4.78 is 0. The van der Waals surface area contributed by atoms with E-state index in [-0.39, 0.29) is 23.0 Å². The zero-order valence-electron chi connectivity index (χ0n) is 6.26. The predicted molar refractivity (Wildman–Crippen MR) is 37.2 cm³/mol. The molecule has 0 aromatic rings. The van der Waals surface area contributed by atoms with Crippen molar-refractivity contribution in [3.8, 4) is 0 Å². The molecule has 1 aliphatic carbocycles. The summed E-state index contributed by atoms with van der Waals surface area (Å²) in [7, 11) is 0. The number of Topliss-reactive ketones (excluding diaryl/α,β-unsaturated/α-hetero) is 1. The molecule has 0 spiro atoms. The van der Waals surface area contributed by atoms with Crippen molar-refractivity contribution < 1.29 is 9.59 Å². The summed E-state index contributed by atoms with van der Waals surface area (Å²) in [6.45, 7) is 7.13. The summed E-state index contributed by atoms with van der Waals surface area (Å²) in [5, 5.41) is 0. The Balaban J connectivity index is 2.70. The van der Waals surface area contributed by atoms with E-state index in [1.807, 2.05) is 13.8 Å². The van der Waals surface area contributed by atoms with Gasteiger partial charge in [-0.05, 0) is 5.41 Å². The molecule has 0 aromatic carbocycles. The lowest BCUT2D eigenvalue weighted by atomic mass is 10.1. The molecule has 1 rings (SSSR count). The van der Waals surface area contributed by atoms with E-state index in [9.17, 15) is 9.59 Å². The standard InChI is InChI=1S/C8H11O2/c1-5(10)7-6(4-9)8(7,2)3/h4,6-7H,1H2,2-3H3/t6-,7-/m0/s1. The van der Waals surface area contributed by atoms with E-state index in [0.717, 1.165) is 6.29 Å². The molecule has 1 fully saturated rings. The van der Waals surface area contributed by atoms with Crippen LogP contribution in [0.3, 0.4) is 0 Å². The molecular formula is C8H11O2. The molecule has 10 heavy (non-hydrogen) atoms. The quantitative estimate of drug-likeness (QED) is 0.532. The number of hydrogen-bond acceptors (Lipinski definition) is 2. The molecule has 0 bridgehead atoms. The Labute approximate surface area is 60.6 Å². The molecule has 0 unspecified atom stereocenters. The van der Waals surface area contributed by atoms with Crippen molar-refractivity contribution in [2.24, 2.45) is 17.3 Å². The number of hydrogen-bond donors (Lipinski definition) is 0. The van der Waals surface area contributed by atoms with Gasteiger partial charge in [-0.3, -0.25) is 4.79 Å². The first kappa shape index (κ1) is 7.45. The number of carbonyl (C=O) groups is 2. The molecule has 0 saturated heterocycles. The van der Waals surface area contributed by atoms with E-state index in [4.69, 9.17) is 0 Å². The first-order valence-corrected chi connectivity index (χ1v) is 3.33. The summed E-state index contributed by atoms with van der Waals surface area (Å²) in [5.41, 5.74) is -0.124. The normalized spacial score (nSPS) is 35.1. The summed E-state index contributed by atoms with van der Waals surface area (Å²) in [6.07, 6.45) is 0.855. The van der Waals surface area contributed by atoms with Crippen LogP contribution in [0, 0.1) is 24.2 Å². The number of rotatable bonds is 2. The van der Waals surface area contributed by atoms with Crippen LogP contribution in [0.1, 0.15) is 13.8 Å². The number of ketones is 1. The third-order valence-electron chi connectivity index (χ3n) is 2.40. The predicted octanol–water partition coefficient (Wildman–Crippen LogP) is 0.861. The summed E-state index contributed by atoms with van der Waals surface area (Å²) in [5.74, 6) is -0.315. The van der Waals surface area contributed by atoms with Gasteiger partial charge in [0.1, 0.15) is 12.1 Å². The third-order valence-corrected chi connectivity index (χ3v) is 2.40. The Hall–Kier alpha value is -0.660. The summed E-state index contributed by atoms with van der Waals surface area (Å²) in [4.78, 5) is 21.0. The van der Waals surface area contributed by atoms with Crippen molar-refractivity contribution in [1.29, 1.82) is 0 Å². The monoisotopic (exact) mass is 139 g/mol. The average Bonchev–Trinajstić information content (AvgIpc) is 2.33. The third kappa shape index (κ3) is 0.789. The van der Waals surface area contributed by atoms with Gasteiger partial charge in [0.2, 0.25) is 0 Å². The fraction of sp³-hybridized carbons (Fsp3) is 0.625. The topological polar surface area (TPSA) is 34.1 Å². The Morgan fingerprint density at radius 1 is 1.60 bits per heavy atom. The van der Waals surface area contributed by atoms with Crippen molar-refractivity contribution in [2.45, 2.75) is 13.8 Å². The molecule has 55 valence electrons. The van der Waals surface area contributed by atoms with E-state index >= 15 is 0 Å². The van der Waals surface area contributed by atoms with E-state index in [2.05, 4.69) is 6.92 Å². The van der Waals surface area contributed by atoms with E-state index in [1.54, 1.807) is 0 Å². The Bertz CT molecular complexity index is 182. The highest BCUT2D eigenvalue weighted by molar-refractivity contribution is 5.92. The highest BCUT2D eigenvalue weighted by Crippen LogP contribution is 2.57. The number of aldehydes is 1. The van der Waals surface area contributed by atoms with Crippen LogP contribution in [0.4, 0.5) is 0 Å². The molecule has 0 amide bonds. The lowest BCUT2D eigenvalue weighted by Crippen LogP contribution is -1.99. The van der Waals surface area contributed by atoms with Crippen molar-refractivity contribution >= 4 is 12.1 Å². The molecule has 2 heteroatoms. The fourth-order valence-electron chi connectivity index (χ4n) is 1.55. The minimum atomic E-state index is -0.124. The summed E-state index contributed by atoms with van der Waals surface area (Å²) in [6, 6.07) is 0. The smallest absolute Gasteiger partial charge is 0.137 e. The first-order valence-electron chi connectivity index (χ1n) is 3.33. The van der Waals surface area contributed by atoms with Crippen molar-refractivity contribution in [3.05, 3.63) is 6.92 Å². The molecule has 2 atom stereocenters. The molecule has 0 aromatic heterocycles. The van der Waals surface area contributed by atoms with Gasteiger partial charge in [-0.2, -0.15) is 0 Å². The van der Waals surface area contributed by atoms with Gasteiger partial charge in [-0.1, -0.05) is 13.8 Å². The van der Waals surface area contributed by atoms with Crippen molar-refractivity contribution in [3.63, 3.8) is 0 Å². The Morgan fingerprint density at radius 2 is 2.10 bits per heavy atom. The molecule has 1 aliphatic rings. The highest BCUT2D eigenvalue weighted by Gasteiger charge is 2.60. The summed E-state index contributed by atoms with van der Waals surface area (Å²) >= 11 is 0. The van der Waals surface area contributed by atoms with E-state index in [0.29, 0.717) is 0 Å². The van der Waals surface area contributed by atoms with E-state index < -0.39 is 0 Å². The maximum absolute atomic E-state index is 10.7. The van der Waals surface area contributed by atoms with Crippen LogP contribution in [0.25, 0.3) is 0 Å². The van der Waals surface area contributed by atoms with Crippen LogP contribution in [0.5, 0.6) is 0 Å². The van der Waals surface area contributed by atoms with Crippen LogP contribution in [-0.2, 0) is 9.59 Å². The molecule has 0 N–H and O–H groups in total. The second-order valence-electron chi connectivity index (χ2n) is 3.43. The molecule has 1 radical (unpaired) electrons. The second-order valence-corrected chi connectivity index (χ2v) is 3.43. The van der Waals surface area contributed by atoms with Crippen LogP contribution < -0.4 is 0 Å². The SMILES string of the molecule is [CH2]C(=O)[C@H]1[C@H](C=O)C1(C)C. The van der Waals surface area contributed by atoms with Gasteiger partial charge in [0.05, 0.1) is 0 Å². The molecule has 2 nitrogen and oxygen atoms in total. The molecular weight excluding hydrogens is 128 g/mol. The highest BCUT2D eigenvalue weighted by atomic mass is 16.1. The maximum Gasteiger partial charge on any atom is 0.137 e. The van der Waals surface area contributed by atoms with Crippen LogP contribution in [0.2, 0.25) is 0 Å². The molecule has 0 heterocycles. The van der Waals surface area contributed by atoms with Crippen molar-refractivity contribution in [2.75, 3.05) is 0 Å². The maximum atomic E-state index is 10.7. The van der Waals surface area contributed by atoms with Gasteiger partial charge in [-0.15, -0.1) is 0 Å². The zero-order valence-corrected chi connectivity index (χ0v) is 6.26. The second kappa shape index (κ2) is 1.91. The molecule has 0 aliphatic heterocycles.